The second-order valence-corrected chi connectivity index (χ2v) is 6.00. The fraction of sp³-hybridized carbons (Fsp3) is 0.529. The summed E-state index contributed by atoms with van der Waals surface area (Å²) < 4.78 is 5.28. The topological polar surface area (TPSA) is 58.6 Å². The van der Waals surface area contributed by atoms with Crippen LogP contribution < -0.4 is 10.1 Å². The number of likely N-dealkylation sites (tertiary alicyclic amines) is 1. The van der Waals surface area contributed by atoms with E-state index in [1.165, 1.54) is 0 Å². The minimum absolute atomic E-state index is 0.0279. The SMILES string of the molecule is CCC(=O)N1CCCC[C@@H]1C(=O)NCc1c(Cl)cccc1OC. The van der Waals surface area contributed by atoms with Crippen LogP contribution in [0.25, 0.3) is 0 Å². The van der Waals surface area contributed by atoms with Crippen LogP contribution in [0.2, 0.25) is 5.02 Å². The zero-order valence-electron chi connectivity index (χ0n) is 13.6. The second-order valence-electron chi connectivity index (χ2n) is 5.59. The van der Waals surface area contributed by atoms with E-state index in [0.717, 1.165) is 18.4 Å². The van der Waals surface area contributed by atoms with Gasteiger partial charge in [0.25, 0.3) is 0 Å². The molecule has 2 amide bonds. The highest BCUT2D eigenvalue weighted by molar-refractivity contribution is 6.31. The minimum atomic E-state index is -0.385. The van der Waals surface area contributed by atoms with Crippen LogP contribution in [-0.4, -0.2) is 36.4 Å². The Hall–Kier alpha value is -1.75. The summed E-state index contributed by atoms with van der Waals surface area (Å²) in [5, 5.41) is 3.45. The van der Waals surface area contributed by atoms with E-state index in [1.54, 1.807) is 30.2 Å². The number of hydrogen-bond donors (Lipinski definition) is 1. The van der Waals surface area contributed by atoms with Crippen molar-refractivity contribution in [3.05, 3.63) is 28.8 Å². The summed E-state index contributed by atoms with van der Waals surface area (Å²) in [6.07, 6.45) is 3.04. The van der Waals surface area contributed by atoms with Crippen molar-refractivity contribution in [2.75, 3.05) is 13.7 Å². The first-order chi connectivity index (χ1) is 11.1. The molecule has 5 nitrogen and oxygen atoms in total. The predicted molar refractivity (Wildman–Crippen MR) is 89.5 cm³/mol. The first-order valence-electron chi connectivity index (χ1n) is 7.97. The molecule has 1 aliphatic rings. The molecule has 2 rings (SSSR count). The van der Waals surface area contributed by atoms with Gasteiger partial charge in [0.15, 0.2) is 0 Å². The number of ether oxygens (including phenoxy) is 1. The van der Waals surface area contributed by atoms with Gasteiger partial charge in [-0.3, -0.25) is 9.59 Å². The Morgan fingerprint density at radius 2 is 2.17 bits per heavy atom. The number of rotatable bonds is 5. The molecule has 0 bridgehead atoms. The van der Waals surface area contributed by atoms with Crippen LogP contribution in [-0.2, 0) is 16.1 Å². The number of carbonyl (C=O) groups is 2. The predicted octanol–water partition coefficient (Wildman–Crippen LogP) is 2.76. The van der Waals surface area contributed by atoms with Crippen LogP contribution in [0.1, 0.15) is 38.2 Å². The number of piperidine rings is 1. The van der Waals surface area contributed by atoms with Crippen LogP contribution in [0.3, 0.4) is 0 Å². The zero-order chi connectivity index (χ0) is 16.8. The molecule has 1 fully saturated rings. The van der Waals surface area contributed by atoms with Gasteiger partial charge >= 0.3 is 0 Å². The summed E-state index contributed by atoms with van der Waals surface area (Å²) in [4.78, 5) is 26.2. The van der Waals surface area contributed by atoms with E-state index < -0.39 is 0 Å². The standard InChI is InChI=1S/C17H23ClN2O3/c1-3-16(21)20-10-5-4-8-14(20)17(22)19-11-12-13(18)7-6-9-15(12)23-2/h6-7,9,14H,3-5,8,10-11H2,1-2H3,(H,19,22)/t14-/m1/s1. The number of methoxy groups -OCH3 is 1. The molecule has 1 heterocycles. The van der Waals surface area contributed by atoms with Gasteiger partial charge < -0.3 is 15.0 Å². The van der Waals surface area contributed by atoms with E-state index in [2.05, 4.69) is 5.32 Å². The first kappa shape index (κ1) is 17.6. The van der Waals surface area contributed by atoms with Gasteiger partial charge in [0.1, 0.15) is 11.8 Å². The Morgan fingerprint density at radius 1 is 1.39 bits per heavy atom. The molecule has 1 aromatic rings. The maximum atomic E-state index is 12.5. The molecule has 1 aromatic carbocycles. The Kier molecular flexibility index (Phi) is 6.28. The molecule has 0 radical (unpaired) electrons. The summed E-state index contributed by atoms with van der Waals surface area (Å²) >= 11 is 6.18. The van der Waals surface area contributed by atoms with Gasteiger partial charge in [-0.25, -0.2) is 0 Å². The molecular formula is C17H23ClN2O3. The summed E-state index contributed by atoms with van der Waals surface area (Å²) in [6, 6.07) is 4.99. The summed E-state index contributed by atoms with van der Waals surface area (Å²) in [5.74, 6) is 0.539. The monoisotopic (exact) mass is 338 g/mol. The first-order valence-corrected chi connectivity index (χ1v) is 8.34. The number of nitrogens with one attached hydrogen (secondary N) is 1. The fourth-order valence-corrected chi connectivity index (χ4v) is 3.13. The van der Waals surface area contributed by atoms with Crippen LogP contribution in [0.15, 0.2) is 18.2 Å². The van der Waals surface area contributed by atoms with Crippen molar-refractivity contribution >= 4 is 23.4 Å². The number of halogens is 1. The van der Waals surface area contributed by atoms with Gasteiger partial charge in [0, 0.05) is 30.1 Å². The average molecular weight is 339 g/mol. The number of amides is 2. The average Bonchev–Trinajstić information content (AvgIpc) is 2.59. The van der Waals surface area contributed by atoms with Crippen molar-refractivity contribution in [1.82, 2.24) is 10.2 Å². The van der Waals surface area contributed by atoms with Gasteiger partial charge in [-0.15, -0.1) is 0 Å². The summed E-state index contributed by atoms with van der Waals surface area (Å²) in [5.41, 5.74) is 0.745. The van der Waals surface area contributed by atoms with Crippen molar-refractivity contribution in [3.8, 4) is 5.75 Å². The molecule has 0 saturated carbocycles. The Balaban J connectivity index is 2.05. The van der Waals surface area contributed by atoms with Crippen molar-refractivity contribution in [3.63, 3.8) is 0 Å². The largest absolute Gasteiger partial charge is 0.496 e. The summed E-state index contributed by atoms with van der Waals surface area (Å²) in [7, 11) is 1.57. The van der Waals surface area contributed by atoms with Crippen molar-refractivity contribution in [2.45, 2.75) is 45.2 Å². The van der Waals surface area contributed by atoms with Crippen molar-refractivity contribution < 1.29 is 14.3 Å². The molecule has 0 unspecified atom stereocenters. The lowest BCUT2D eigenvalue weighted by atomic mass is 10.0. The Bertz CT molecular complexity index is 577. The van der Waals surface area contributed by atoms with E-state index >= 15 is 0 Å². The molecule has 0 aromatic heterocycles. The molecule has 1 saturated heterocycles. The molecular weight excluding hydrogens is 316 g/mol. The van der Waals surface area contributed by atoms with Crippen LogP contribution in [0.5, 0.6) is 5.75 Å². The van der Waals surface area contributed by atoms with Crippen molar-refractivity contribution in [2.24, 2.45) is 0 Å². The Morgan fingerprint density at radius 3 is 2.87 bits per heavy atom. The van der Waals surface area contributed by atoms with E-state index in [1.807, 2.05) is 6.92 Å². The van der Waals surface area contributed by atoms with Gasteiger partial charge in [-0.05, 0) is 31.4 Å². The van der Waals surface area contributed by atoms with Crippen LogP contribution >= 0.6 is 11.6 Å². The van der Waals surface area contributed by atoms with Crippen molar-refractivity contribution in [1.29, 1.82) is 0 Å². The quantitative estimate of drug-likeness (QED) is 0.898. The van der Waals surface area contributed by atoms with Gasteiger partial charge in [0.2, 0.25) is 11.8 Å². The summed E-state index contributed by atoms with van der Waals surface area (Å²) in [6.45, 7) is 2.76. The minimum Gasteiger partial charge on any atom is -0.496 e. The molecule has 0 aliphatic carbocycles. The molecule has 0 spiro atoms. The molecule has 1 atom stereocenters. The third-order valence-electron chi connectivity index (χ3n) is 4.16. The number of nitrogens with zero attached hydrogens (tertiary/aromatic N) is 1. The van der Waals surface area contributed by atoms with E-state index in [0.29, 0.717) is 30.2 Å². The third kappa shape index (κ3) is 4.16. The van der Waals surface area contributed by atoms with Gasteiger partial charge in [-0.2, -0.15) is 0 Å². The lowest BCUT2D eigenvalue weighted by Crippen LogP contribution is -2.51. The van der Waals surface area contributed by atoms with E-state index in [-0.39, 0.29) is 24.4 Å². The maximum Gasteiger partial charge on any atom is 0.243 e. The molecule has 23 heavy (non-hydrogen) atoms. The molecule has 1 aliphatic heterocycles. The normalized spacial score (nSPS) is 17.7. The van der Waals surface area contributed by atoms with E-state index in [4.69, 9.17) is 16.3 Å². The second kappa shape index (κ2) is 8.20. The molecule has 6 heteroatoms. The van der Waals surface area contributed by atoms with Gasteiger partial charge in [-0.1, -0.05) is 24.6 Å². The fourth-order valence-electron chi connectivity index (χ4n) is 2.90. The highest BCUT2D eigenvalue weighted by Gasteiger charge is 2.31. The smallest absolute Gasteiger partial charge is 0.243 e. The lowest BCUT2D eigenvalue weighted by Gasteiger charge is -2.34. The van der Waals surface area contributed by atoms with E-state index in [9.17, 15) is 9.59 Å². The lowest BCUT2D eigenvalue weighted by molar-refractivity contribution is -0.142. The number of benzene rings is 1. The molecule has 1 N–H and O–H groups in total. The highest BCUT2D eigenvalue weighted by Crippen LogP contribution is 2.26. The van der Waals surface area contributed by atoms with Crippen LogP contribution in [0.4, 0.5) is 0 Å². The molecule has 126 valence electrons. The zero-order valence-corrected chi connectivity index (χ0v) is 14.4. The maximum absolute atomic E-state index is 12.5. The third-order valence-corrected chi connectivity index (χ3v) is 4.52. The number of carbonyl (C=O) groups excluding carboxylic acids is 2. The highest BCUT2D eigenvalue weighted by atomic mass is 35.5. The Labute approximate surface area is 141 Å². The van der Waals surface area contributed by atoms with Gasteiger partial charge in [0.05, 0.1) is 7.11 Å². The number of hydrogen-bond acceptors (Lipinski definition) is 3. The van der Waals surface area contributed by atoms with Crippen LogP contribution in [0, 0.1) is 0 Å².